The van der Waals surface area contributed by atoms with Gasteiger partial charge in [-0.05, 0) is 44.0 Å². The monoisotopic (exact) mass is 413 g/mol. The van der Waals surface area contributed by atoms with Gasteiger partial charge in [0.1, 0.15) is 5.75 Å². The largest absolute Gasteiger partial charge is 0.496 e. The summed E-state index contributed by atoms with van der Waals surface area (Å²) in [5.74, 6) is 0.435. The lowest BCUT2D eigenvalue weighted by molar-refractivity contribution is -0.148. The number of anilines is 1. The number of ether oxygens (including phenoxy) is 4. The van der Waals surface area contributed by atoms with E-state index < -0.39 is 18.0 Å². The van der Waals surface area contributed by atoms with Crippen molar-refractivity contribution in [1.82, 2.24) is 0 Å². The van der Waals surface area contributed by atoms with Gasteiger partial charge >= 0.3 is 5.97 Å². The normalized spacial score (nSPS) is 11.7. The summed E-state index contributed by atoms with van der Waals surface area (Å²) in [6.45, 7) is 5.32. The Morgan fingerprint density at radius 1 is 0.933 bits per heavy atom. The minimum Gasteiger partial charge on any atom is -0.496 e. The number of para-hydroxylation sites is 1. The molecule has 7 nitrogen and oxygen atoms in total. The van der Waals surface area contributed by atoms with Crippen molar-refractivity contribution >= 4 is 23.6 Å². The fourth-order valence-corrected chi connectivity index (χ4v) is 2.84. The van der Waals surface area contributed by atoms with Crippen LogP contribution in [-0.4, -0.2) is 39.3 Å². The molecule has 0 heterocycles. The molecule has 0 bridgehead atoms. The van der Waals surface area contributed by atoms with Gasteiger partial charge in [0, 0.05) is 23.4 Å². The van der Waals surface area contributed by atoms with Crippen LogP contribution in [0.25, 0.3) is 6.08 Å². The van der Waals surface area contributed by atoms with Gasteiger partial charge in [-0.2, -0.15) is 0 Å². The van der Waals surface area contributed by atoms with Gasteiger partial charge in [-0.15, -0.1) is 0 Å². The lowest BCUT2D eigenvalue weighted by atomic mass is 10.1. The Morgan fingerprint density at radius 3 is 2.07 bits per heavy atom. The zero-order valence-electron chi connectivity index (χ0n) is 18.1. The van der Waals surface area contributed by atoms with Crippen molar-refractivity contribution in [2.75, 3.05) is 26.6 Å². The fraction of sp³-hybridized carbons (Fsp3) is 0.304. The predicted molar refractivity (Wildman–Crippen MR) is 115 cm³/mol. The number of methoxy groups -OCH3 is 3. The standard InChI is InChI=1S/C23H27NO6/c1-14-8-7-9-15(2)22(14)24-23(26)16(3)30-21(25)11-10-17-12-19(28-5)20(29-6)13-18(17)27-4/h7-13,16H,1-6H3,(H,24,26)/b11-10+. The Kier molecular flexibility index (Phi) is 7.86. The molecular formula is C23H27NO6. The molecule has 1 N–H and O–H groups in total. The van der Waals surface area contributed by atoms with Crippen molar-refractivity contribution in [1.29, 1.82) is 0 Å². The maximum absolute atomic E-state index is 12.4. The van der Waals surface area contributed by atoms with Gasteiger partial charge < -0.3 is 24.3 Å². The number of rotatable bonds is 8. The van der Waals surface area contributed by atoms with Gasteiger partial charge in [0.05, 0.1) is 21.3 Å². The van der Waals surface area contributed by atoms with Crippen LogP contribution in [0.2, 0.25) is 0 Å². The van der Waals surface area contributed by atoms with E-state index >= 15 is 0 Å². The molecule has 1 atom stereocenters. The highest BCUT2D eigenvalue weighted by Gasteiger charge is 2.18. The molecule has 0 aliphatic rings. The highest BCUT2D eigenvalue weighted by Crippen LogP contribution is 2.35. The summed E-state index contributed by atoms with van der Waals surface area (Å²) < 4.78 is 21.1. The molecule has 1 amide bonds. The van der Waals surface area contributed by atoms with Gasteiger partial charge in [0.2, 0.25) is 0 Å². The lowest BCUT2D eigenvalue weighted by Crippen LogP contribution is -2.30. The lowest BCUT2D eigenvalue weighted by Gasteiger charge is -2.15. The van der Waals surface area contributed by atoms with Crippen molar-refractivity contribution < 1.29 is 28.5 Å². The van der Waals surface area contributed by atoms with Crippen molar-refractivity contribution in [2.24, 2.45) is 0 Å². The maximum Gasteiger partial charge on any atom is 0.331 e. The number of carbonyl (C=O) groups is 2. The fourth-order valence-electron chi connectivity index (χ4n) is 2.84. The zero-order chi connectivity index (χ0) is 22.3. The van der Waals surface area contributed by atoms with E-state index in [0.29, 0.717) is 22.8 Å². The Labute approximate surface area is 176 Å². The molecule has 2 aromatic carbocycles. The van der Waals surface area contributed by atoms with E-state index in [1.165, 1.54) is 40.4 Å². The van der Waals surface area contributed by atoms with Crippen LogP contribution in [0.4, 0.5) is 5.69 Å². The zero-order valence-corrected chi connectivity index (χ0v) is 18.1. The van der Waals surface area contributed by atoms with Crippen LogP contribution in [0.5, 0.6) is 17.2 Å². The molecule has 0 spiro atoms. The molecule has 7 heteroatoms. The maximum atomic E-state index is 12.4. The average Bonchev–Trinajstić information content (AvgIpc) is 2.73. The minimum atomic E-state index is -0.964. The number of carbonyl (C=O) groups excluding carboxylic acids is 2. The number of hydrogen-bond acceptors (Lipinski definition) is 6. The van der Waals surface area contributed by atoms with E-state index in [2.05, 4.69) is 5.32 Å². The van der Waals surface area contributed by atoms with Gasteiger partial charge in [0.15, 0.2) is 17.6 Å². The second kappa shape index (κ2) is 10.3. The van der Waals surface area contributed by atoms with E-state index in [1.54, 1.807) is 12.1 Å². The van der Waals surface area contributed by atoms with Crippen molar-refractivity contribution in [3.63, 3.8) is 0 Å². The summed E-state index contributed by atoms with van der Waals surface area (Å²) in [6.07, 6.45) is 1.79. The Hall–Kier alpha value is -3.48. The quantitative estimate of drug-likeness (QED) is 0.522. The van der Waals surface area contributed by atoms with E-state index in [-0.39, 0.29) is 0 Å². The van der Waals surface area contributed by atoms with Gasteiger partial charge in [-0.25, -0.2) is 4.79 Å². The van der Waals surface area contributed by atoms with E-state index in [9.17, 15) is 9.59 Å². The number of benzene rings is 2. The molecule has 0 aliphatic carbocycles. The van der Waals surface area contributed by atoms with Gasteiger partial charge in [-0.3, -0.25) is 4.79 Å². The molecule has 0 saturated carbocycles. The molecule has 2 rings (SSSR count). The smallest absolute Gasteiger partial charge is 0.331 e. The molecule has 30 heavy (non-hydrogen) atoms. The highest BCUT2D eigenvalue weighted by molar-refractivity contribution is 5.97. The summed E-state index contributed by atoms with van der Waals surface area (Å²) in [5, 5.41) is 2.81. The minimum absolute atomic E-state index is 0.405. The van der Waals surface area contributed by atoms with Crippen molar-refractivity contribution in [3.8, 4) is 17.2 Å². The molecular weight excluding hydrogens is 386 g/mol. The summed E-state index contributed by atoms with van der Waals surface area (Å²) in [4.78, 5) is 24.6. The number of aryl methyl sites for hydroxylation is 2. The summed E-state index contributed by atoms with van der Waals surface area (Å²) >= 11 is 0. The number of amides is 1. The van der Waals surface area contributed by atoms with Crippen LogP contribution < -0.4 is 19.5 Å². The van der Waals surface area contributed by atoms with Gasteiger partial charge in [0.25, 0.3) is 5.91 Å². The number of esters is 1. The third-order valence-electron chi connectivity index (χ3n) is 4.53. The SMILES string of the molecule is COc1cc(OC)c(OC)cc1/C=C/C(=O)OC(C)C(=O)Nc1c(C)cccc1C. The Balaban J connectivity index is 2.07. The first-order valence-corrected chi connectivity index (χ1v) is 9.36. The van der Waals surface area contributed by atoms with Crippen LogP contribution in [0.15, 0.2) is 36.4 Å². The number of hydrogen-bond donors (Lipinski definition) is 1. The van der Waals surface area contributed by atoms with Crippen molar-refractivity contribution in [3.05, 3.63) is 53.1 Å². The third-order valence-corrected chi connectivity index (χ3v) is 4.53. The molecule has 160 valence electrons. The summed E-state index contributed by atoms with van der Waals surface area (Å²) in [7, 11) is 4.55. The Morgan fingerprint density at radius 2 is 1.50 bits per heavy atom. The first-order chi connectivity index (χ1) is 14.3. The first-order valence-electron chi connectivity index (χ1n) is 9.36. The van der Waals surface area contributed by atoms with Crippen LogP contribution in [0, 0.1) is 13.8 Å². The molecule has 0 radical (unpaired) electrons. The van der Waals surface area contributed by atoms with E-state index in [4.69, 9.17) is 18.9 Å². The average molecular weight is 413 g/mol. The van der Waals surface area contributed by atoms with E-state index in [0.717, 1.165) is 16.8 Å². The molecule has 0 aromatic heterocycles. The van der Waals surface area contributed by atoms with Crippen LogP contribution in [0.3, 0.4) is 0 Å². The summed E-state index contributed by atoms with van der Waals surface area (Å²) in [6, 6.07) is 9.05. The molecule has 1 unspecified atom stereocenters. The van der Waals surface area contributed by atoms with Crippen LogP contribution >= 0.6 is 0 Å². The number of nitrogens with one attached hydrogen (secondary N) is 1. The topological polar surface area (TPSA) is 83.1 Å². The van der Waals surface area contributed by atoms with Gasteiger partial charge in [-0.1, -0.05) is 18.2 Å². The second-order valence-corrected chi connectivity index (χ2v) is 6.62. The highest BCUT2D eigenvalue weighted by atomic mass is 16.5. The summed E-state index contributed by atoms with van der Waals surface area (Å²) in [5.41, 5.74) is 3.18. The molecule has 0 fully saturated rings. The predicted octanol–water partition coefficient (Wildman–Crippen LogP) is 3.91. The first kappa shape index (κ1) is 22.8. The van der Waals surface area contributed by atoms with Crippen molar-refractivity contribution in [2.45, 2.75) is 26.9 Å². The van der Waals surface area contributed by atoms with Crippen LogP contribution in [-0.2, 0) is 14.3 Å². The molecule has 0 saturated heterocycles. The van der Waals surface area contributed by atoms with Crippen LogP contribution in [0.1, 0.15) is 23.6 Å². The Bertz CT molecular complexity index is 931. The van der Waals surface area contributed by atoms with E-state index in [1.807, 2.05) is 32.0 Å². The second-order valence-electron chi connectivity index (χ2n) is 6.62. The molecule has 2 aromatic rings. The molecule has 0 aliphatic heterocycles. The third kappa shape index (κ3) is 5.53.